The number of rotatable bonds is 5. The van der Waals surface area contributed by atoms with Crippen LogP contribution in [-0.4, -0.2) is 22.2 Å². The first-order valence-corrected chi connectivity index (χ1v) is 6.96. The Balaban J connectivity index is 2.52. The third-order valence-electron chi connectivity index (χ3n) is 2.29. The molecule has 1 N–H and O–H groups in total. The molecule has 0 radical (unpaired) electrons. The minimum Gasteiger partial charge on any atom is -0.392 e. The van der Waals surface area contributed by atoms with Crippen LogP contribution < -0.4 is 0 Å². The summed E-state index contributed by atoms with van der Waals surface area (Å²) in [5.74, 6) is 0.766. The zero-order valence-electron chi connectivity index (χ0n) is 10.0. The Kier molecular flexibility index (Phi) is 5.67. The molecule has 0 saturated heterocycles. The second-order valence-electron chi connectivity index (χ2n) is 4.33. The van der Waals surface area contributed by atoms with Crippen LogP contribution in [0.5, 0.6) is 0 Å². The van der Waals surface area contributed by atoms with Crippen molar-refractivity contribution in [1.82, 2.24) is 0 Å². The SMILES string of the molecule is Cc1ccc(CC(O)CSC(C)C)c(Cl)c1. The van der Waals surface area contributed by atoms with Gasteiger partial charge in [0.15, 0.2) is 0 Å². The molecule has 1 aromatic carbocycles. The topological polar surface area (TPSA) is 20.2 Å². The maximum Gasteiger partial charge on any atom is 0.0671 e. The van der Waals surface area contributed by atoms with Gasteiger partial charge in [0.25, 0.3) is 0 Å². The lowest BCUT2D eigenvalue weighted by Gasteiger charge is -2.13. The summed E-state index contributed by atoms with van der Waals surface area (Å²) in [7, 11) is 0. The van der Waals surface area contributed by atoms with Crippen LogP contribution in [0.2, 0.25) is 5.02 Å². The van der Waals surface area contributed by atoms with E-state index in [2.05, 4.69) is 13.8 Å². The third kappa shape index (κ3) is 4.77. The highest BCUT2D eigenvalue weighted by Crippen LogP contribution is 2.20. The molecule has 1 rings (SSSR count). The fourth-order valence-electron chi connectivity index (χ4n) is 1.43. The van der Waals surface area contributed by atoms with Gasteiger partial charge in [0.1, 0.15) is 0 Å². The fourth-order valence-corrected chi connectivity index (χ4v) is 2.47. The molecule has 0 fully saturated rings. The maximum atomic E-state index is 9.87. The van der Waals surface area contributed by atoms with Crippen LogP contribution in [0.1, 0.15) is 25.0 Å². The number of halogens is 1. The van der Waals surface area contributed by atoms with E-state index in [-0.39, 0.29) is 6.10 Å². The molecular formula is C13H19ClOS. The molecule has 1 aromatic rings. The summed E-state index contributed by atoms with van der Waals surface area (Å²) in [6.45, 7) is 6.28. The zero-order chi connectivity index (χ0) is 12.1. The van der Waals surface area contributed by atoms with Gasteiger partial charge in [0.2, 0.25) is 0 Å². The summed E-state index contributed by atoms with van der Waals surface area (Å²) in [6, 6.07) is 5.98. The Morgan fingerprint density at radius 3 is 2.62 bits per heavy atom. The molecule has 0 spiro atoms. The normalized spacial score (nSPS) is 13.1. The van der Waals surface area contributed by atoms with Crippen LogP contribution in [-0.2, 0) is 6.42 Å². The molecule has 1 nitrogen and oxygen atoms in total. The molecule has 0 saturated carbocycles. The molecule has 16 heavy (non-hydrogen) atoms. The monoisotopic (exact) mass is 258 g/mol. The van der Waals surface area contributed by atoms with Crippen LogP contribution in [0, 0.1) is 6.92 Å². The molecule has 0 aliphatic carbocycles. The van der Waals surface area contributed by atoms with Crippen molar-refractivity contribution in [2.45, 2.75) is 38.5 Å². The van der Waals surface area contributed by atoms with E-state index in [1.165, 1.54) is 0 Å². The third-order valence-corrected chi connectivity index (χ3v) is 3.88. The molecule has 0 aliphatic heterocycles. The van der Waals surface area contributed by atoms with E-state index in [0.29, 0.717) is 11.7 Å². The number of benzene rings is 1. The molecule has 3 heteroatoms. The van der Waals surface area contributed by atoms with Gasteiger partial charge < -0.3 is 5.11 Å². The van der Waals surface area contributed by atoms with Crippen molar-refractivity contribution in [3.63, 3.8) is 0 Å². The number of aryl methyl sites for hydroxylation is 1. The molecule has 0 bridgehead atoms. The largest absolute Gasteiger partial charge is 0.392 e. The van der Waals surface area contributed by atoms with Crippen LogP contribution in [0.25, 0.3) is 0 Å². The van der Waals surface area contributed by atoms with Crippen molar-refractivity contribution < 1.29 is 5.11 Å². The number of aliphatic hydroxyl groups excluding tert-OH is 1. The van der Waals surface area contributed by atoms with Crippen molar-refractivity contribution in [2.24, 2.45) is 0 Å². The average molecular weight is 259 g/mol. The lowest BCUT2D eigenvalue weighted by Crippen LogP contribution is -2.15. The van der Waals surface area contributed by atoms with Gasteiger partial charge in [-0.15, -0.1) is 0 Å². The van der Waals surface area contributed by atoms with Crippen LogP contribution in [0.4, 0.5) is 0 Å². The standard InChI is InChI=1S/C13H19ClOS/c1-9(2)16-8-12(15)7-11-5-4-10(3)6-13(11)14/h4-6,9,12,15H,7-8H2,1-3H3. The second kappa shape index (κ2) is 6.53. The highest BCUT2D eigenvalue weighted by atomic mass is 35.5. The fraction of sp³-hybridized carbons (Fsp3) is 0.538. The van der Waals surface area contributed by atoms with Gasteiger partial charge in [-0.1, -0.05) is 37.6 Å². The first kappa shape index (κ1) is 13.9. The van der Waals surface area contributed by atoms with Gasteiger partial charge in [-0.3, -0.25) is 0 Å². The Bertz CT molecular complexity index is 339. The highest BCUT2D eigenvalue weighted by molar-refractivity contribution is 7.99. The van der Waals surface area contributed by atoms with Gasteiger partial charge in [-0.25, -0.2) is 0 Å². The molecule has 1 unspecified atom stereocenters. The molecular weight excluding hydrogens is 240 g/mol. The number of thioether (sulfide) groups is 1. The smallest absolute Gasteiger partial charge is 0.0671 e. The van der Waals surface area contributed by atoms with Crippen LogP contribution >= 0.6 is 23.4 Å². The highest BCUT2D eigenvalue weighted by Gasteiger charge is 2.09. The summed E-state index contributed by atoms with van der Waals surface area (Å²) in [6.07, 6.45) is 0.325. The van der Waals surface area contributed by atoms with Crippen molar-refractivity contribution in [1.29, 1.82) is 0 Å². The average Bonchev–Trinajstić information content (AvgIpc) is 2.19. The summed E-state index contributed by atoms with van der Waals surface area (Å²) in [5, 5.41) is 11.2. The number of hydrogen-bond donors (Lipinski definition) is 1. The molecule has 0 heterocycles. The maximum absolute atomic E-state index is 9.87. The molecule has 0 aliphatic rings. The number of hydrogen-bond acceptors (Lipinski definition) is 2. The lowest BCUT2D eigenvalue weighted by molar-refractivity contribution is 0.200. The van der Waals surface area contributed by atoms with Crippen molar-refractivity contribution >= 4 is 23.4 Å². The molecule has 90 valence electrons. The minimum atomic E-state index is -0.312. The molecule has 1 atom stereocenters. The number of aliphatic hydroxyl groups is 1. The van der Waals surface area contributed by atoms with Crippen molar-refractivity contribution in [3.05, 3.63) is 34.3 Å². The van der Waals surface area contributed by atoms with Gasteiger partial charge in [0.05, 0.1) is 6.10 Å². The first-order chi connectivity index (χ1) is 7.49. The van der Waals surface area contributed by atoms with Crippen molar-refractivity contribution in [3.8, 4) is 0 Å². The van der Waals surface area contributed by atoms with Crippen molar-refractivity contribution in [2.75, 3.05) is 5.75 Å². The van der Waals surface area contributed by atoms with Crippen LogP contribution in [0.3, 0.4) is 0 Å². The van der Waals surface area contributed by atoms with Crippen LogP contribution in [0.15, 0.2) is 18.2 Å². The predicted octanol–water partition coefficient (Wildman–Crippen LogP) is 3.69. The van der Waals surface area contributed by atoms with Gasteiger partial charge in [-0.05, 0) is 29.4 Å². The van der Waals surface area contributed by atoms with E-state index in [0.717, 1.165) is 21.9 Å². The van der Waals surface area contributed by atoms with Gasteiger partial charge in [0, 0.05) is 17.2 Å². The lowest BCUT2D eigenvalue weighted by atomic mass is 10.1. The Morgan fingerprint density at radius 1 is 1.38 bits per heavy atom. The summed E-state index contributed by atoms with van der Waals surface area (Å²) in [4.78, 5) is 0. The van der Waals surface area contributed by atoms with Gasteiger partial charge in [-0.2, -0.15) is 11.8 Å². The van der Waals surface area contributed by atoms with E-state index < -0.39 is 0 Å². The Labute approximate surface area is 107 Å². The minimum absolute atomic E-state index is 0.312. The van der Waals surface area contributed by atoms with E-state index in [9.17, 15) is 5.11 Å². The Hall–Kier alpha value is -0.180. The predicted molar refractivity (Wildman–Crippen MR) is 73.5 cm³/mol. The summed E-state index contributed by atoms with van der Waals surface area (Å²) < 4.78 is 0. The molecule has 0 aromatic heterocycles. The van der Waals surface area contributed by atoms with E-state index in [1.54, 1.807) is 11.8 Å². The van der Waals surface area contributed by atoms with E-state index in [1.807, 2.05) is 25.1 Å². The molecule has 0 amide bonds. The summed E-state index contributed by atoms with van der Waals surface area (Å²) >= 11 is 7.89. The van der Waals surface area contributed by atoms with E-state index in [4.69, 9.17) is 11.6 Å². The second-order valence-corrected chi connectivity index (χ2v) is 6.35. The summed E-state index contributed by atoms with van der Waals surface area (Å²) in [5.41, 5.74) is 2.18. The van der Waals surface area contributed by atoms with E-state index >= 15 is 0 Å². The van der Waals surface area contributed by atoms with Gasteiger partial charge >= 0.3 is 0 Å². The first-order valence-electron chi connectivity index (χ1n) is 5.53. The quantitative estimate of drug-likeness (QED) is 0.869. The Morgan fingerprint density at radius 2 is 2.06 bits per heavy atom. The zero-order valence-corrected chi connectivity index (χ0v) is 11.6.